The van der Waals surface area contributed by atoms with Crippen molar-refractivity contribution in [2.24, 2.45) is 5.92 Å². The molecule has 1 nitrogen and oxygen atoms in total. The molecule has 1 heterocycles. The van der Waals surface area contributed by atoms with Crippen molar-refractivity contribution in [1.29, 1.82) is 0 Å². The van der Waals surface area contributed by atoms with Gasteiger partial charge in [-0.25, -0.2) is 0 Å². The predicted molar refractivity (Wildman–Crippen MR) is 99.0 cm³/mol. The third kappa shape index (κ3) is 2.38. The number of fused-ring (bicyclic) bond motifs is 3. The second-order valence-electron chi connectivity index (χ2n) is 6.25. The Bertz CT molecular complexity index is 792. The van der Waals surface area contributed by atoms with Gasteiger partial charge < -0.3 is 5.32 Å². The van der Waals surface area contributed by atoms with Crippen LogP contribution in [0.2, 0.25) is 15.1 Å². The van der Waals surface area contributed by atoms with Crippen LogP contribution in [0.4, 0.5) is 5.69 Å². The first kappa shape index (κ1) is 15.4. The van der Waals surface area contributed by atoms with Crippen molar-refractivity contribution in [3.63, 3.8) is 0 Å². The van der Waals surface area contributed by atoms with E-state index in [0.717, 1.165) is 28.3 Å². The van der Waals surface area contributed by atoms with Gasteiger partial charge in [-0.3, -0.25) is 0 Å². The second kappa shape index (κ2) is 5.73. The SMILES string of the molecule is Cc1c(Cl)ccc2c1NC(c1c(Cl)cccc1Cl)C1CC=CC21. The highest BCUT2D eigenvalue weighted by atomic mass is 35.5. The first-order valence-corrected chi connectivity index (χ1v) is 8.87. The van der Waals surface area contributed by atoms with E-state index in [4.69, 9.17) is 34.8 Å². The summed E-state index contributed by atoms with van der Waals surface area (Å²) in [5.41, 5.74) is 4.49. The molecule has 2 aliphatic rings. The van der Waals surface area contributed by atoms with Crippen LogP contribution in [-0.4, -0.2) is 0 Å². The minimum absolute atomic E-state index is 0.0841. The van der Waals surface area contributed by atoms with Gasteiger partial charge in [-0.1, -0.05) is 59.1 Å². The van der Waals surface area contributed by atoms with E-state index in [-0.39, 0.29) is 6.04 Å². The van der Waals surface area contributed by atoms with Crippen LogP contribution in [-0.2, 0) is 0 Å². The highest BCUT2D eigenvalue weighted by Gasteiger charge is 2.40. The summed E-state index contributed by atoms with van der Waals surface area (Å²) in [6.45, 7) is 2.05. The number of hydrogen-bond acceptors (Lipinski definition) is 1. The van der Waals surface area contributed by atoms with E-state index in [1.807, 2.05) is 24.3 Å². The molecular weight excluding hydrogens is 349 g/mol. The summed E-state index contributed by atoms with van der Waals surface area (Å²) in [5.74, 6) is 0.792. The Morgan fingerprint density at radius 3 is 2.48 bits per heavy atom. The summed E-state index contributed by atoms with van der Waals surface area (Å²) >= 11 is 19.3. The number of halogens is 3. The fourth-order valence-corrected chi connectivity index (χ4v) is 4.67. The molecule has 0 radical (unpaired) electrons. The molecule has 23 heavy (non-hydrogen) atoms. The molecule has 1 aliphatic carbocycles. The van der Waals surface area contributed by atoms with E-state index < -0.39 is 0 Å². The molecule has 0 spiro atoms. The number of rotatable bonds is 1. The first-order chi connectivity index (χ1) is 11.1. The van der Waals surface area contributed by atoms with Crippen molar-refractivity contribution in [3.8, 4) is 0 Å². The summed E-state index contributed by atoms with van der Waals surface area (Å²) in [7, 11) is 0. The standard InChI is InChI=1S/C19H16Cl3N/c1-10-14(20)9-8-13-11-4-2-5-12(11)19(23-18(10)13)17-15(21)6-3-7-16(17)22/h2-4,6-9,11-12,19,23H,5H2,1H3. The lowest BCUT2D eigenvalue weighted by atomic mass is 9.76. The average Bonchev–Trinajstić information content (AvgIpc) is 3.01. The Morgan fingerprint density at radius 2 is 1.74 bits per heavy atom. The van der Waals surface area contributed by atoms with Gasteiger partial charge in [0.2, 0.25) is 0 Å². The summed E-state index contributed by atoms with van der Waals surface area (Å²) < 4.78 is 0. The third-order valence-electron chi connectivity index (χ3n) is 5.04. The van der Waals surface area contributed by atoms with Crippen LogP contribution in [0.25, 0.3) is 0 Å². The van der Waals surface area contributed by atoms with Crippen LogP contribution >= 0.6 is 34.8 Å². The molecule has 0 saturated heterocycles. The monoisotopic (exact) mass is 363 g/mol. The fourth-order valence-electron chi connectivity index (χ4n) is 3.88. The Balaban J connectivity index is 1.89. The zero-order chi connectivity index (χ0) is 16.1. The van der Waals surface area contributed by atoms with Crippen LogP contribution in [0.3, 0.4) is 0 Å². The van der Waals surface area contributed by atoms with E-state index in [2.05, 4.69) is 30.5 Å². The molecule has 3 atom stereocenters. The van der Waals surface area contributed by atoms with E-state index >= 15 is 0 Å². The molecule has 0 aromatic heterocycles. The van der Waals surface area contributed by atoms with Crippen molar-refractivity contribution in [3.05, 3.63) is 74.2 Å². The van der Waals surface area contributed by atoms with Gasteiger partial charge in [0.05, 0.1) is 6.04 Å². The van der Waals surface area contributed by atoms with Crippen molar-refractivity contribution >= 4 is 40.5 Å². The Hall–Kier alpha value is -1.15. The van der Waals surface area contributed by atoms with Crippen molar-refractivity contribution in [1.82, 2.24) is 0 Å². The largest absolute Gasteiger partial charge is 0.377 e. The highest BCUT2D eigenvalue weighted by Crippen LogP contribution is 2.53. The van der Waals surface area contributed by atoms with Crippen molar-refractivity contribution < 1.29 is 0 Å². The molecule has 1 aliphatic heterocycles. The lowest BCUT2D eigenvalue weighted by Crippen LogP contribution is -2.30. The van der Waals surface area contributed by atoms with Crippen molar-refractivity contribution in [2.75, 3.05) is 5.32 Å². The molecule has 0 bridgehead atoms. The summed E-state index contributed by atoms with van der Waals surface area (Å²) in [6.07, 6.45) is 5.58. The van der Waals surface area contributed by atoms with Crippen LogP contribution in [0.1, 0.15) is 35.1 Å². The minimum Gasteiger partial charge on any atom is -0.377 e. The number of anilines is 1. The number of allylic oxidation sites excluding steroid dienone is 2. The topological polar surface area (TPSA) is 12.0 Å². The smallest absolute Gasteiger partial charge is 0.0583 e. The summed E-state index contributed by atoms with van der Waals surface area (Å²) in [6, 6.07) is 9.90. The Morgan fingerprint density at radius 1 is 1.00 bits per heavy atom. The molecule has 0 saturated carbocycles. The minimum atomic E-state index is 0.0841. The van der Waals surface area contributed by atoms with Gasteiger partial charge in [0.25, 0.3) is 0 Å². The number of nitrogens with one attached hydrogen (secondary N) is 1. The van der Waals surface area contributed by atoms with E-state index in [1.54, 1.807) is 0 Å². The fraction of sp³-hybridized carbons (Fsp3) is 0.263. The maximum atomic E-state index is 6.48. The zero-order valence-electron chi connectivity index (χ0n) is 12.6. The maximum Gasteiger partial charge on any atom is 0.0583 e. The lowest BCUT2D eigenvalue weighted by molar-refractivity contribution is 0.425. The van der Waals surface area contributed by atoms with Gasteiger partial charge in [0.1, 0.15) is 0 Å². The van der Waals surface area contributed by atoms with Crippen LogP contribution in [0, 0.1) is 12.8 Å². The molecule has 2 aromatic rings. The molecule has 4 rings (SSSR count). The Kier molecular flexibility index (Phi) is 3.84. The van der Waals surface area contributed by atoms with Crippen LogP contribution < -0.4 is 5.32 Å². The van der Waals surface area contributed by atoms with Gasteiger partial charge in [-0.2, -0.15) is 0 Å². The van der Waals surface area contributed by atoms with Gasteiger partial charge in [-0.05, 0) is 48.6 Å². The average molecular weight is 365 g/mol. The Labute approximate surface area is 151 Å². The van der Waals surface area contributed by atoms with Crippen LogP contribution in [0.5, 0.6) is 0 Å². The maximum absolute atomic E-state index is 6.48. The van der Waals surface area contributed by atoms with Gasteiger partial charge in [0, 0.05) is 32.2 Å². The normalized spacial score (nSPS) is 25.0. The second-order valence-corrected chi connectivity index (χ2v) is 7.47. The molecule has 0 fully saturated rings. The van der Waals surface area contributed by atoms with E-state index in [0.29, 0.717) is 21.9 Å². The van der Waals surface area contributed by atoms with Crippen LogP contribution in [0.15, 0.2) is 42.5 Å². The molecule has 118 valence electrons. The van der Waals surface area contributed by atoms with Gasteiger partial charge in [0.15, 0.2) is 0 Å². The molecule has 3 unspecified atom stereocenters. The van der Waals surface area contributed by atoms with Gasteiger partial charge in [-0.15, -0.1) is 0 Å². The molecule has 4 heteroatoms. The molecule has 2 aromatic carbocycles. The predicted octanol–water partition coefficient (Wildman–Crippen LogP) is 6.78. The summed E-state index contributed by atoms with van der Waals surface area (Å²) in [5, 5.41) is 5.88. The van der Waals surface area contributed by atoms with E-state index in [9.17, 15) is 0 Å². The number of hydrogen-bond donors (Lipinski definition) is 1. The molecule has 1 N–H and O–H groups in total. The third-order valence-corrected chi connectivity index (χ3v) is 6.11. The molecular formula is C19H16Cl3N. The lowest BCUT2D eigenvalue weighted by Gasteiger charge is -2.39. The quantitative estimate of drug-likeness (QED) is 0.550. The van der Waals surface area contributed by atoms with Gasteiger partial charge >= 0.3 is 0 Å². The highest BCUT2D eigenvalue weighted by molar-refractivity contribution is 6.36. The van der Waals surface area contributed by atoms with E-state index in [1.165, 1.54) is 5.56 Å². The summed E-state index contributed by atoms with van der Waals surface area (Å²) in [4.78, 5) is 0. The first-order valence-electron chi connectivity index (χ1n) is 7.74. The molecule has 0 amide bonds. The van der Waals surface area contributed by atoms with Crippen molar-refractivity contribution in [2.45, 2.75) is 25.3 Å². The number of benzene rings is 2. The zero-order valence-corrected chi connectivity index (χ0v) is 14.9.